The Bertz CT molecular complexity index is 118. The summed E-state index contributed by atoms with van der Waals surface area (Å²) in [5.74, 6) is -0.870. The highest BCUT2D eigenvalue weighted by Gasteiger charge is 2.01. The molecule has 11 heavy (non-hydrogen) atoms. The quantitative estimate of drug-likeness (QED) is 0.373. The van der Waals surface area contributed by atoms with E-state index in [-0.39, 0.29) is 12.6 Å². The van der Waals surface area contributed by atoms with Gasteiger partial charge < -0.3 is 21.9 Å². The van der Waals surface area contributed by atoms with Gasteiger partial charge in [-0.05, 0) is 13.0 Å². The van der Waals surface area contributed by atoms with Gasteiger partial charge in [0, 0.05) is 12.6 Å². The first-order valence-electron chi connectivity index (χ1n) is 3.55. The molecule has 0 saturated heterocycles. The van der Waals surface area contributed by atoms with E-state index in [4.69, 9.17) is 16.6 Å². The fourth-order valence-corrected chi connectivity index (χ4v) is 0.681. The van der Waals surface area contributed by atoms with Crippen molar-refractivity contribution in [3.8, 4) is 0 Å². The van der Waals surface area contributed by atoms with E-state index in [2.05, 4.69) is 5.32 Å². The average Bonchev–Trinajstić information content (AvgIpc) is 1.87. The van der Waals surface area contributed by atoms with Crippen LogP contribution >= 0.6 is 0 Å². The molecular formula is C6H15N3O2. The van der Waals surface area contributed by atoms with Crippen molar-refractivity contribution in [1.82, 2.24) is 5.32 Å². The number of carbonyl (C=O) groups is 1. The normalized spacial score (nSPS) is 12.9. The van der Waals surface area contributed by atoms with E-state index in [1.807, 2.05) is 0 Å². The van der Waals surface area contributed by atoms with Crippen LogP contribution in [0.2, 0.25) is 0 Å². The number of carboxylic acids is 1. The molecule has 0 radical (unpaired) electrons. The van der Waals surface area contributed by atoms with Crippen molar-refractivity contribution in [3.05, 3.63) is 0 Å². The summed E-state index contributed by atoms with van der Waals surface area (Å²) >= 11 is 0. The third-order valence-corrected chi connectivity index (χ3v) is 1.22. The van der Waals surface area contributed by atoms with E-state index in [1.165, 1.54) is 0 Å². The topological polar surface area (TPSA) is 101 Å². The van der Waals surface area contributed by atoms with E-state index in [0.29, 0.717) is 19.5 Å². The molecule has 6 N–H and O–H groups in total. The van der Waals surface area contributed by atoms with Gasteiger partial charge in [-0.25, -0.2) is 0 Å². The van der Waals surface area contributed by atoms with Crippen LogP contribution in [0.3, 0.4) is 0 Å². The van der Waals surface area contributed by atoms with E-state index < -0.39 is 5.97 Å². The second-order valence-electron chi connectivity index (χ2n) is 2.36. The zero-order chi connectivity index (χ0) is 8.69. The first-order valence-corrected chi connectivity index (χ1v) is 3.55. The minimum Gasteiger partial charge on any atom is -0.480 e. The van der Waals surface area contributed by atoms with Crippen LogP contribution in [-0.4, -0.2) is 36.8 Å². The molecule has 0 spiro atoms. The van der Waals surface area contributed by atoms with Crippen LogP contribution in [-0.2, 0) is 4.79 Å². The molecule has 66 valence electrons. The highest BCUT2D eigenvalue weighted by molar-refractivity contribution is 5.68. The standard InChI is InChI=1S/C6H15N3O2/c7-2-1-5(8)3-9-4-6(10)11/h5,9H,1-4,7-8H2,(H,10,11). The van der Waals surface area contributed by atoms with Crippen molar-refractivity contribution in [2.45, 2.75) is 12.5 Å². The summed E-state index contributed by atoms with van der Waals surface area (Å²) < 4.78 is 0. The predicted octanol–water partition coefficient (Wildman–Crippen LogP) is -1.66. The maximum absolute atomic E-state index is 10.0. The summed E-state index contributed by atoms with van der Waals surface area (Å²) in [6.07, 6.45) is 0.715. The van der Waals surface area contributed by atoms with Crippen molar-refractivity contribution in [3.63, 3.8) is 0 Å². The summed E-state index contributed by atoms with van der Waals surface area (Å²) in [5.41, 5.74) is 10.8. The van der Waals surface area contributed by atoms with Gasteiger partial charge in [-0.1, -0.05) is 0 Å². The van der Waals surface area contributed by atoms with Gasteiger partial charge in [0.25, 0.3) is 0 Å². The van der Waals surface area contributed by atoms with E-state index >= 15 is 0 Å². The maximum Gasteiger partial charge on any atom is 0.317 e. The number of hydrogen-bond acceptors (Lipinski definition) is 4. The maximum atomic E-state index is 10.0. The van der Waals surface area contributed by atoms with Gasteiger partial charge in [0.2, 0.25) is 0 Å². The Morgan fingerprint density at radius 2 is 2.27 bits per heavy atom. The lowest BCUT2D eigenvalue weighted by Gasteiger charge is -2.09. The molecule has 0 aromatic heterocycles. The lowest BCUT2D eigenvalue weighted by Crippen LogP contribution is -2.37. The molecule has 0 rings (SSSR count). The van der Waals surface area contributed by atoms with Gasteiger partial charge in [0.05, 0.1) is 6.54 Å². The second-order valence-corrected chi connectivity index (χ2v) is 2.36. The van der Waals surface area contributed by atoms with Gasteiger partial charge in [0.1, 0.15) is 0 Å². The van der Waals surface area contributed by atoms with Crippen molar-refractivity contribution in [2.75, 3.05) is 19.6 Å². The molecule has 0 aliphatic carbocycles. The van der Waals surface area contributed by atoms with Crippen molar-refractivity contribution in [2.24, 2.45) is 11.5 Å². The van der Waals surface area contributed by atoms with Crippen LogP contribution in [0, 0.1) is 0 Å². The molecule has 0 aromatic carbocycles. The number of carboxylic acid groups (broad SMARTS) is 1. The molecule has 0 heterocycles. The number of hydrogen-bond donors (Lipinski definition) is 4. The third-order valence-electron chi connectivity index (χ3n) is 1.22. The largest absolute Gasteiger partial charge is 0.480 e. The van der Waals surface area contributed by atoms with Gasteiger partial charge >= 0.3 is 5.97 Å². The Morgan fingerprint density at radius 1 is 1.64 bits per heavy atom. The monoisotopic (exact) mass is 161 g/mol. The van der Waals surface area contributed by atoms with Crippen LogP contribution in [0.15, 0.2) is 0 Å². The van der Waals surface area contributed by atoms with Crippen LogP contribution in [0.1, 0.15) is 6.42 Å². The third kappa shape index (κ3) is 7.24. The smallest absolute Gasteiger partial charge is 0.317 e. The summed E-state index contributed by atoms with van der Waals surface area (Å²) in [6, 6.07) is -0.0423. The van der Waals surface area contributed by atoms with Crippen molar-refractivity contribution < 1.29 is 9.90 Å². The predicted molar refractivity (Wildman–Crippen MR) is 42.2 cm³/mol. The van der Waals surface area contributed by atoms with Crippen LogP contribution in [0.25, 0.3) is 0 Å². The molecule has 0 bridgehead atoms. The fourth-order valence-electron chi connectivity index (χ4n) is 0.681. The van der Waals surface area contributed by atoms with Gasteiger partial charge in [-0.3, -0.25) is 4.79 Å². The Balaban J connectivity index is 3.16. The molecule has 0 aliphatic heterocycles. The number of rotatable bonds is 6. The molecule has 5 nitrogen and oxygen atoms in total. The molecule has 0 aliphatic rings. The van der Waals surface area contributed by atoms with Crippen LogP contribution < -0.4 is 16.8 Å². The fraction of sp³-hybridized carbons (Fsp3) is 0.833. The number of nitrogens with one attached hydrogen (secondary N) is 1. The molecule has 0 amide bonds. The second kappa shape index (κ2) is 6.09. The van der Waals surface area contributed by atoms with Crippen LogP contribution in [0.5, 0.6) is 0 Å². The number of aliphatic carboxylic acids is 1. The van der Waals surface area contributed by atoms with E-state index in [1.54, 1.807) is 0 Å². The zero-order valence-corrected chi connectivity index (χ0v) is 6.42. The number of nitrogens with two attached hydrogens (primary N) is 2. The van der Waals surface area contributed by atoms with Crippen LogP contribution in [0.4, 0.5) is 0 Å². The Labute approximate surface area is 65.7 Å². The summed E-state index contributed by atoms with van der Waals surface area (Å²) in [6.45, 7) is 0.998. The molecule has 1 atom stereocenters. The Hall–Kier alpha value is -0.650. The Kier molecular flexibility index (Phi) is 5.73. The Morgan fingerprint density at radius 3 is 2.73 bits per heavy atom. The van der Waals surface area contributed by atoms with E-state index in [9.17, 15) is 4.79 Å². The first kappa shape index (κ1) is 10.3. The SMILES string of the molecule is NCCC(N)CNCC(=O)O. The zero-order valence-electron chi connectivity index (χ0n) is 6.42. The van der Waals surface area contributed by atoms with Gasteiger partial charge in [-0.2, -0.15) is 0 Å². The minimum atomic E-state index is -0.870. The molecule has 1 unspecified atom stereocenters. The molecule has 0 aromatic rings. The van der Waals surface area contributed by atoms with Crippen molar-refractivity contribution >= 4 is 5.97 Å². The van der Waals surface area contributed by atoms with Crippen molar-refractivity contribution in [1.29, 1.82) is 0 Å². The molecule has 0 fully saturated rings. The highest BCUT2D eigenvalue weighted by Crippen LogP contribution is 1.81. The van der Waals surface area contributed by atoms with E-state index in [0.717, 1.165) is 0 Å². The average molecular weight is 161 g/mol. The highest BCUT2D eigenvalue weighted by atomic mass is 16.4. The molecular weight excluding hydrogens is 146 g/mol. The summed E-state index contributed by atoms with van der Waals surface area (Å²) in [7, 11) is 0. The summed E-state index contributed by atoms with van der Waals surface area (Å²) in [4.78, 5) is 10.0. The first-order chi connectivity index (χ1) is 5.16. The minimum absolute atomic E-state index is 0.0423. The molecule has 0 saturated carbocycles. The van der Waals surface area contributed by atoms with Gasteiger partial charge in [-0.15, -0.1) is 0 Å². The lowest BCUT2D eigenvalue weighted by atomic mass is 10.2. The molecule has 5 heteroatoms. The lowest BCUT2D eigenvalue weighted by molar-refractivity contribution is -0.135. The summed E-state index contributed by atoms with van der Waals surface area (Å²) in [5, 5.41) is 10.9. The van der Waals surface area contributed by atoms with Gasteiger partial charge in [0.15, 0.2) is 0 Å².